The van der Waals surface area contributed by atoms with Crippen molar-refractivity contribution in [3.05, 3.63) is 81.3 Å². The zero-order chi connectivity index (χ0) is 19.6. The van der Waals surface area contributed by atoms with Gasteiger partial charge in [0.05, 0.1) is 27.1 Å². The molecule has 8 heteroatoms. The summed E-state index contributed by atoms with van der Waals surface area (Å²) in [6, 6.07) is 12.3. The highest BCUT2D eigenvalue weighted by atomic mass is 79.9. The van der Waals surface area contributed by atoms with Gasteiger partial charge in [-0.25, -0.2) is 9.07 Å². The lowest BCUT2D eigenvalue weighted by Crippen LogP contribution is -2.41. The molecule has 0 spiro atoms. The summed E-state index contributed by atoms with van der Waals surface area (Å²) in [5.41, 5.74) is 7.28. The molecule has 3 rings (SSSR count). The van der Waals surface area contributed by atoms with Gasteiger partial charge in [0, 0.05) is 5.56 Å². The molecule has 3 aromatic rings. The molecule has 0 bridgehead atoms. The number of carbonyl (C=O) groups is 2. The van der Waals surface area contributed by atoms with Crippen LogP contribution in [-0.4, -0.2) is 21.6 Å². The van der Waals surface area contributed by atoms with Crippen molar-refractivity contribution < 1.29 is 14.0 Å². The Morgan fingerprint density at radius 2 is 1.63 bits per heavy atom. The molecule has 0 aliphatic rings. The fraction of sp³-hybridized carbons (Fsp3) is 0.105. The standard InChI is InChI=1S/C19H16BrFN4O2/c1-11-17(20)12(2)25(24-11)14-9-7-13(8-10-14)18(26)22-23-19(27)15-5-3-4-6-16(15)21/h3-10H,1-2H3,(H,22,26)(H,23,27). The summed E-state index contributed by atoms with van der Waals surface area (Å²) in [5, 5.41) is 4.43. The molecular formula is C19H16BrFN4O2. The zero-order valence-corrected chi connectivity index (χ0v) is 16.2. The van der Waals surface area contributed by atoms with Gasteiger partial charge >= 0.3 is 0 Å². The second-order valence-corrected chi connectivity index (χ2v) is 6.62. The molecule has 2 N–H and O–H groups in total. The van der Waals surface area contributed by atoms with E-state index in [1.807, 2.05) is 13.8 Å². The topological polar surface area (TPSA) is 76.0 Å². The molecular weight excluding hydrogens is 415 g/mol. The van der Waals surface area contributed by atoms with Crippen LogP contribution in [0.15, 0.2) is 53.0 Å². The van der Waals surface area contributed by atoms with Crippen molar-refractivity contribution >= 4 is 27.7 Å². The van der Waals surface area contributed by atoms with Crippen molar-refractivity contribution in [3.63, 3.8) is 0 Å². The minimum Gasteiger partial charge on any atom is -0.267 e. The van der Waals surface area contributed by atoms with E-state index >= 15 is 0 Å². The largest absolute Gasteiger partial charge is 0.272 e. The number of carbonyl (C=O) groups excluding carboxylic acids is 2. The second-order valence-electron chi connectivity index (χ2n) is 5.83. The van der Waals surface area contributed by atoms with Crippen LogP contribution in [0.5, 0.6) is 0 Å². The lowest BCUT2D eigenvalue weighted by molar-refractivity contribution is 0.0844. The van der Waals surface area contributed by atoms with Crippen LogP contribution in [0.4, 0.5) is 4.39 Å². The number of amides is 2. The first-order valence-corrected chi connectivity index (χ1v) is 8.85. The summed E-state index contributed by atoms with van der Waals surface area (Å²) in [6.07, 6.45) is 0. The van der Waals surface area contributed by atoms with Crippen LogP contribution in [0, 0.1) is 19.7 Å². The minimum absolute atomic E-state index is 0.150. The Hall–Kier alpha value is -3.00. The highest BCUT2D eigenvalue weighted by molar-refractivity contribution is 9.10. The van der Waals surface area contributed by atoms with E-state index in [-0.39, 0.29) is 5.56 Å². The van der Waals surface area contributed by atoms with Crippen molar-refractivity contribution in [2.75, 3.05) is 0 Å². The molecule has 0 aliphatic carbocycles. The smallest absolute Gasteiger partial charge is 0.267 e. The van der Waals surface area contributed by atoms with Crippen LogP contribution in [0.25, 0.3) is 5.69 Å². The summed E-state index contributed by atoms with van der Waals surface area (Å²) in [6.45, 7) is 3.83. The first-order valence-electron chi connectivity index (χ1n) is 8.06. The van der Waals surface area contributed by atoms with E-state index < -0.39 is 17.6 Å². The Balaban J connectivity index is 1.68. The van der Waals surface area contributed by atoms with Gasteiger partial charge in [0.1, 0.15) is 5.82 Å². The fourth-order valence-electron chi connectivity index (χ4n) is 2.53. The Morgan fingerprint density at radius 1 is 1.00 bits per heavy atom. The maximum atomic E-state index is 13.6. The molecule has 27 heavy (non-hydrogen) atoms. The number of nitrogens with zero attached hydrogens (tertiary/aromatic N) is 2. The predicted octanol–water partition coefficient (Wildman–Crippen LogP) is 3.47. The summed E-state index contributed by atoms with van der Waals surface area (Å²) in [5.74, 6) is -1.91. The van der Waals surface area contributed by atoms with E-state index in [0.717, 1.165) is 21.5 Å². The molecule has 1 heterocycles. The third-order valence-electron chi connectivity index (χ3n) is 3.99. The van der Waals surface area contributed by atoms with Gasteiger partial charge in [-0.15, -0.1) is 0 Å². The van der Waals surface area contributed by atoms with Crippen LogP contribution in [0.2, 0.25) is 0 Å². The van der Waals surface area contributed by atoms with Gasteiger partial charge in [-0.2, -0.15) is 5.10 Å². The Bertz CT molecular complexity index is 1020. The number of halogens is 2. The van der Waals surface area contributed by atoms with Crippen molar-refractivity contribution in [2.45, 2.75) is 13.8 Å². The van der Waals surface area contributed by atoms with Gasteiger partial charge in [-0.3, -0.25) is 20.4 Å². The molecule has 0 atom stereocenters. The molecule has 0 unspecified atom stereocenters. The van der Waals surface area contributed by atoms with Crippen LogP contribution < -0.4 is 10.9 Å². The lowest BCUT2D eigenvalue weighted by Gasteiger charge is -2.09. The van der Waals surface area contributed by atoms with Crippen LogP contribution >= 0.6 is 15.9 Å². The van der Waals surface area contributed by atoms with E-state index in [9.17, 15) is 14.0 Å². The summed E-state index contributed by atoms with van der Waals surface area (Å²) >= 11 is 3.48. The van der Waals surface area contributed by atoms with Crippen LogP contribution in [0.1, 0.15) is 32.1 Å². The Morgan fingerprint density at radius 3 is 2.22 bits per heavy atom. The summed E-state index contributed by atoms with van der Waals surface area (Å²) < 4.78 is 16.3. The Kier molecular flexibility index (Phi) is 5.36. The number of hydrazine groups is 1. The number of aromatic nitrogens is 2. The number of rotatable bonds is 3. The summed E-state index contributed by atoms with van der Waals surface area (Å²) in [7, 11) is 0. The molecule has 2 amide bonds. The summed E-state index contributed by atoms with van der Waals surface area (Å²) in [4.78, 5) is 24.1. The van der Waals surface area contributed by atoms with Gasteiger partial charge < -0.3 is 0 Å². The van der Waals surface area contributed by atoms with E-state index in [0.29, 0.717) is 5.56 Å². The predicted molar refractivity (Wildman–Crippen MR) is 102 cm³/mol. The van der Waals surface area contributed by atoms with Crippen LogP contribution in [0.3, 0.4) is 0 Å². The third kappa shape index (κ3) is 3.90. The number of aryl methyl sites for hydroxylation is 1. The maximum absolute atomic E-state index is 13.6. The molecule has 0 saturated heterocycles. The van der Waals surface area contributed by atoms with Crippen molar-refractivity contribution in [2.24, 2.45) is 0 Å². The van der Waals surface area contributed by atoms with Gasteiger partial charge in [0.25, 0.3) is 11.8 Å². The van der Waals surface area contributed by atoms with Gasteiger partial charge in [-0.1, -0.05) is 12.1 Å². The molecule has 0 aliphatic heterocycles. The monoisotopic (exact) mass is 430 g/mol. The van der Waals surface area contributed by atoms with Crippen molar-refractivity contribution in [1.29, 1.82) is 0 Å². The van der Waals surface area contributed by atoms with Crippen molar-refractivity contribution in [1.82, 2.24) is 20.6 Å². The third-order valence-corrected chi connectivity index (χ3v) is 5.13. The van der Waals surface area contributed by atoms with Gasteiger partial charge in [-0.05, 0) is 66.2 Å². The maximum Gasteiger partial charge on any atom is 0.272 e. The number of hydrogen-bond acceptors (Lipinski definition) is 3. The fourth-order valence-corrected chi connectivity index (χ4v) is 2.77. The molecule has 2 aromatic carbocycles. The SMILES string of the molecule is Cc1nn(-c2ccc(C(=O)NNC(=O)c3ccccc3F)cc2)c(C)c1Br. The number of benzene rings is 2. The number of nitrogens with one attached hydrogen (secondary N) is 2. The zero-order valence-electron chi connectivity index (χ0n) is 14.6. The van der Waals surface area contributed by atoms with E-state index in [4.69, 9.17) is 0 Å². The molecule has 0 fully saturated rings. The second kappa shape index (κ2) is 7.71. The molecule has 1 aromatic heterocycles. The Labute approximate surface area is 163 Å². The quantitative estimate of drug-likeness (QED) is 0.624. The first kappa shape index (κ1) is 18.8. The van der Waals surface area contributed by atoms with E-state index in [1.54, 1.807) is 28.9 Å². The molecule has 0 saturated carbocycles. The first-order chi connectivity index (χ1) is 12.9. The average Bonchev–Trinajstić information content (AvgIpc) is 2.93. The lowest BCUT2D eigenvalue weighted by atomic mass is 10.2. The van der Waals surface area contributed by atoms with Crippen LogP contribution in [-0.2, 0) is 0 Å². The molecule has 138 valence electrons. The normalized spacial score (nSPS) is 10.5. The van der Waals surface area contributed by atoms with E-state index in [2.05, 4.69) is 31.9 Å². The van der Waals surface area contributed by atoms with E-state index in [1.165, 1.54) is 24.3 Å². The van der Waals surface area contributed by atoms with Gasteiger partial charge in [0.15, 0.2) is 0 Å². The minimum atomic E-state index is -0.731. The average molecular weight is 431 g/mol. The van der Waals surface area contributed by atoms with Crippen molar-refractivity contribution in [3.8, 4) is 5.69 Å². The highest BCUT2D eigenvalue weighted by Crippen LogP contribution is 2.23. The van der Waals surface area contributed by atoms with Gasteiger partial charge in [0.2, 0.25) is 0 Å². The molecule has 6 nitrogen and oxygen atoms in total. The highest BCUT2D eigenvalue weighted by Gasteiger charge is 2.14. The number of hydrogen-bond donors (Lipinski definition) is 2. The molecule has 0 radical (unpaired) electrons.